The van der Waals surface area contributed by atoms with Crippen LogP contribution in [0.4, 0.5) is 0 Å². The van der Waals surface area contributed by atoms with Crippen LogP contribution in [0, 0.1) is 0 Å². The van der Waals surface area contributed by atoms with Gasteiger partial charge in [-0.1, -0.05) is 13.3 Å². The van der Waals surface area contributed by atoms with Crippen LogP contribution in [0.1, 0.15) is 32.6 Å². The number of hydrogen-bond acceptors (Lipinski definition) is 4. The molecule has 1 heterocycles. The van der Waals surface area contributed by atoms with E-state index in [0.29, 0.717) is 19.6 Å². The second-order valence-corrected chi connectivity index (χ2v) is 7.86. The van der Waals surface area contributed by atoms with Gasteiger partial charge in [-0.25, -0.2) is 0 Å². The van der Waals surface area contributed by atoms with Crippen LogP contribution in [-0.4, -0.2) is 81.8 Å². The molecule has 1 atom stereocenters. The third-order valence-corrected chi connectivity index (χ3v) is 6.17. The third kappa shape index (κ3) is 5.49. The van der Waals surface area contributed by atoms with Crippen LogP contribution in [0.5, 0.6) is 0 Å². The lowest BCUT2D eigenvalue weighted by molar-refractivity contribution is 0.227. The summed E-state index contributed by atoms with van der Waals surface area (Å²) in [4.78, 5) is 2.09. The fourth-order valence-electron chi connectivity index (χ4n) is 2.87. The molecule has 0 spiro atoms. The van der Waals surface area contributed by atoms with E-state index < -0.39 is 10.2 Å². The first-order chi connectivity index (χ1) is 9.93. The predicted molar refractivity (Wildman–Crippen MR) is 87.6 cm³/mol. The number of piperidine rings is 1. The Morgan fingerprint density at radius 1 is 1.24 bits per heavy atom. The van der Waals surface area contributed by atoms with Crippen LogP contribution in [-0.2, 0) is 10.2 Å². The van der Waals surface area contributed by atoms with Crippen molar-refractivity contribution in [2.75, 3.05) is 53.9 Å². The first kappa shape index (κ1) is 18.8. The molecule has 1 N–H and O–H groups in total. The average Bonchev–Trinajstić information content (AvgIpc) is 2.44. The molecule has 0 amide bonds. The molecule has 0 aliphatic carbocycles. The summed E-state index contributed by atoms with van der Waals surface area (Å²) in [7, 11) is 2.57. The molecule has 1 aliphatic rings. The highest BCUT2D eigenvalue weighted by atomic mass is 32.2. The van der Waals surface area contributed by atoms with Gasteiger partial charge < -0.3 is 10.2 Å². The van der Waals surface area contributed by atoms with Crippen molar-refractivity contribution in [3.05, 3.63) is 0 Å². The summed E-state index contributed by atoms with van der Waals surface area (Å²) in [6.45, 7) is 5.35. The van der Waals surface area contributed by atoms with Gasteiger partial charge in [-0.15, -0.1) is 0 Å². The molecular weight excluding hydrogens is 288 g/mol. The van der Waals surface area contributed by atoms with Gasteiger partial charge in [0.05, 0.1) is 0 Å². The highest BCUT2D eigenvalue weighted by molar-refractivity contribution is 7.86. The minimum atomic E-state index is -3.34. The highest BCUT2D eigenvalue weighted by Gasteiger charge is 2.35. The first-order valence-electron chi connectivity index (χ1n) is 7.99. The van der Waals surface area contributed by atoms with E-state index in [4.69, 9.17) is 0 Å². The maximum Gasteiger partial charge on any atom is 0.282 e. The molecule has 0 bridgehead atoms. The topological polar surface area (TPSA) is 55.9 Å². The minimum Gasteiger partial charge on any atom is -0.318 e. The smallest absolute Gasteiger partial charge is 0.282 e. The van der Waals surface area contributed by atoms with Crippen LogP contribution in [0.2, 0.25) is 0 Å². The molecule has 1 saturated heterocycles. The molecule has 1 fully saturated rings. The van der Waals surface area contributed by atoms with Crippen molar-refractivity contribution in [1.82, 2.24) is 18.8 Å². The van der Waals surface area contributed by atoms with E-state index in [0.717, 1.165) is 38.8 Å². The van der Waals surface area contributed by atoms with Crippen molar-refractivity contribution in [2.45, 2.75) is 38.6 Å². The molecule has 0 aromatic carbocycles. The molecule has 6 nitrogen and oxygen atoms in total. The van der Waals surface area contributed by atoms with E-state index in [2.05, 4.69) is 10.2 Å². The summed E-state index contributed by atoms with van der Waals surface area (Å²) in [5.74, 6) is 0. The Kier molecular flexibility index (Phi) is 8.12. The van der Waals surface area contributed by atoms with E-state index in [1.165, 1.54) is 0 Å². The van der Waals surface area contributed by atoms with Crippen molar-refractivity contribution in [1.29, 1.82) is 0 Å². The molecule has 1 unspecified atom stereocenters. The Morgan fingerprint density at radius 2 is 1.95 bits per heavy atom. The first-order valence-corrected chi connectivity index (χ1v) is 9.39. The SMILES string of the molecule is CCN(CCCN(C)C)S(=O)(=O)N1CCCCC1CNC. The number of nitrogens with zero attached hydrogens (tertiary/aromatic N) is 3. The zero-order valence-corrected chi connectivity index (χ0v) is 14.8. The molecule has 7 heteroatoms. The standard InChI is InChI=1S/C14H32N4O2S/c1-5-17(11-8-10-16(3)4)21(19,20)18-12-7-6-9-14(18)13-15-2/h14-15H,5-13H2,1-4H3. The molecule has 1 aliphatic heterocycles. The zero-order valence-electron chi connectivity index (χ0n) is 14.0. The van der Waals surface area contributed by atoms with Crippen LogP contribution < -0.4 is 5.32 Å². The van der Waals surface area contributed by atoms with Crippen LogP contribution >= 0.6 is 0 Å². The van der Waals surface area contributed by atoms with Gasteiger partial charge in [0, 0.05) is 32.2 Å². The van der Waals surface area contributed by atoms with Crippen molar-refractivity contribution >= 4 is 10.2 Å². The summed E-state index contributed by atoms with van der Waals surface area (Å²) >= 11 is 0. The Balaban J connectivity index is 2.74. The van der Waals surface area contributed by atoms with Gasteiger partial charge in [0.1, 0.15) is 0 Å². The van der Waals surface area contributed by atoms with Gasteiger partial charge in [-0.05, 0) is 47.0 Å². The predicted octanol–water partition coefficient (Wildman–Crippen LogP) is 0.579. The van der Waals surface area contributed by atoms with Gasteiger partial charge in [-0.3, -0.25) is 0 Å². The minimum absolute atomic E-state index is 0.0941. The van der Waals surface area contributed by atoms with Crippen molar-refractivity contribution < 1.29 is 8.42 Å². The van der Waals surface area contributed by atoms with Crippen molar-refractivity contribution in [2.24, 2.45) is 0 Å². The van der Waals surface area contributed by atoms with Gasteiger partial charge >= 0.3 is 0 Å². The monoisotopic (exact) mass is 320 g/mol. The average molecular weight is 321 g/mol. The Hall–Kier alpha value is -0.210. The molecule has 21 heavy (non-hydrogen) atoms. The third-order valence-electron chi connectivity index (χ3n) is 4.00. The second kappa shape index (κ2) is 9.05. The quantitative estimate of drug-likeness (QED) is 0.675. The Bertz CT molecular complexity index is 384. The summed E-state index contributed by atoms with van der Waals surface area (Å²) in [5, 5.41) is 3.12. The highest BCUT2D eigenvalue weighted by Crippen LogP contribution is 2.22. The Morgan fingerprint density at radius 3 is 2.52 bits per heavy atom. The molecule has 0 aromatic heterocycles. The molecule has 1 rings (SSSR count). The molecule has 0 saturated carbocycles. The number of likely N-dealkylation sites (N-methyl/N-ethyl adjacent to an activating group) is 1. The summed E-state index contributed by atoms with van der Waals surface area (Å²) < 4.78 is 29.1. The van der Waals surface area contributed by atoms with Crippen molar-refractivity contribution in [3.63, 3.8) is 0 Å². The molecule has 0 aromatic rings. The van der Waals surface area contributed by atoms with Gasteiger partial charge in [0.15, 0.2) is 0 Å². The summed E-state index contributed by atoms with van der Waals surface area (Å²) in [5.41, 5.74) is 0. The van der Waals surface area contributed by atoms with Crippen LogP contribution in [0.3, 0.4) is 0 Å². The lowest BCUT2D eigenvalue weighted by Crippen LogP contribution is -2.53. The zero-order chi connectivity index (χ0) is 15.9. The maximum atomic E-state index is 12.9. The second-order valence-electron chi connectivity index (χ2n) is 5.97. The fraction of sp³-hybridized carbons (Fsp3) is 1.00. The van der Waals surface area contributed by atoms with Crippen LogP contribution in [0.25, 0.3) is 0 Å². The van der Waals surface area contributed by atoms with Gasteiger partial charge in [-0.2, -0.15) is 17.0 Å². The van der Waals surface area contributed by atoms with E-state index in [1.54, 1.807) is 8.61 Å². The van der Waals surface area contributed by atoms with Crippen LogP contribution in [0.15, 0.2) is 0 Å². The van der Waals surface area contributed by atoms with E-state index >= 15 is 0 Å². The lowest BCUT2D eigenvalue weighted by atomic mass is 10.1. The fourth-order valence-corrected chi connectivity index (χ4v) is 4.76. The molecular formula is C14H32N4O2S. The maximum absolute atomic E-state index is 12.9. The molecule has 0 radical (unpaired) electrons. The van der Waals surface area contributed by atoms with E-state index in [9.17, 15) is 8.42 Å². The number of nitrogens with one attached hydrogen (secondary N) is 1. The number of hydrogen-bond donors (Lipinski definition) is 1. The summed E-state index contributed by atoms with van der Waals surface area (Å²) in [6, 6.07) is 0.0941. The van der Waals surface area contributed by atoms with Crippen molar-refractivity contribution in [3.8, 4) is 0 Å². The van der Waals surface area contributed by atoms with Gasteiger partial charge in [0.2, 0.25) is 0 Å². The largest absolute Gasteiger partial charge is 0.318 e. The Labute approximate surface area is 130 Å². The molecule has 126 valence electrons. The normalized spacial score (nSPS) is 21.3. The van der Waals surface area contributed by atoms with E-state index in [1.807, 2.05) is 28.1 Å². The van der Waals surface area contributed by atoms with Gasteiger partial charge in [0.25, 0.3) is 10.2 Å². The lowest BCUT2D eigenvalue weighted by Gasteiger charge is -2.37. The van der Waals surface area contributed by atoms with E-state index in [-0.39, 0.29) is 6.04 Å². The number of rotatable bonds is 9. The summed E-state index contributed by atoms with van der Waals surface area (Å²) in [6.07, 6.45) is 3.90.